The largest absolute Gasteiger partial charge is 0.497 e. The highest BCUT2D eigenvalue weighted by Crippen LogP contribution is 2.22. The molecule has 0 radical (unpaired) electrons. The van der Waals surface area contributed by atoms with Gasteiger partial charge in [0.2, 0.25) is 0 Å². The molecule has 0 spiro atoms. The van der Waals surface area contributed by atoms with Crippen molar-refractivity contribution < 1.29 is 19.1 Å². The molecule has 0 saturated carbocycles. The molecule has 2 aromatic carbocycles. The lowest BCUT2D eigenvalue weighted by Gasteiger charge is -2.18. The van der Waals surface area contributed by atoms with E-state index in [1.807, 2.05) is 24.3 Å². The van der Waals surface area contributed by atoms with Gasteiger partial charge in [-0.15, -0.1) is 0 Å². The number of ether oxygens (including phenoxy) is 2. The number of carbonyl (C=O) groups excluding carboxylic acids is 2. The summed E-state index contributed by atoms with van der Waals surface area (Å²) in [4.78, 5) is 24.9. The molecule has 0 unspecified atom stereocenters. The van der Waals surface area contributed by atoms with Gasteiger partial charge in [-0.25, -0.2) is 0 Å². The van der Waals surface area contributed by atoms with E-state index in [1.165, 1.54) is 7.11 Å². The summed E-state index contributed by atoms with van der Waals surface area (Å²) in [6, 6.07) is 12.6. The molecule has 0 atom stereocenters. The topological polar surface area (TPSA) is 55.8 Å². The first kappa shape index (κ1) is 18.0. The number of nitrogens with zero attached hydrogens (tertiary/aromatic N) is 1. The van der Waals surface area contributed by atoms with Crippen LogP contribution in [0.1, 0.15) is 15.9 Å². The predicted molar refractivity (Wildman–Crippen MR) is 94.5 cm³/mol. The van der Waals surface area contributed by atoms with Crippen LogP contribution in [0.5, 0.6) is 11.5 Å². The summed E-state index contributed by atoms with van der Waals surface area (Å²) in [5, 5.41) is 0. The van der Waals surface area contributed by atoms with Gasteiger partial charge in [-0.2, -0.15) is 0 Å². The summed E-state index contributed by atoms with van der Waals surface area (Å²) in [7, 11) is 3.23. The second-order valence-electron chi connectivity index (χ2n) is 5.19. The van der Waals surface area contributed by atoms with Crippen LogP contribution >= 0.6 is 15.9 Å². The number of methoxy groups -OCH3 is 1. The van der Waals surface area contributed by atoms with Gasteiger partial charge in [0.25, 0.3) is 5.91 Å². The summed E-state index contributed by atoms with van der Waals surface area (Å²) >= 11 is 3.38. The number of likely N-dealkylation sites (N-methyl/N-ethyl adjacent to an activating group) is 1. The minimum atomic E-state index is -0.175. The summed E-state index contributed by atoms with van der Waals surface area (Å²) in [6.07, 6.45) is 0.674. The Morgan fingerprint density at radius 1 is 1.21 bits per heavy atom. The van der Waals surface area contributed by atoms with Crippen LogP contribution in [0.3, 0.4) is 0 Å². The Morgan fingerprint density at radius 2 is 1.92 bits per heavy atom. The zero-order chi connectivity index (χ0) is 17.5. The zero-order valence-electron chi connectivity index (χ0n) is 13.5. The van der Waals surface area contributed by atoms with E-state index >= 15 is 0 Å². The number of hydrogen-bond acceptors (Lipinski definition) is 4. The quantitative estimate of drug-likeness (QED) is 0.679. The van der Waals surface area contributed by atoms with E-state index in [0.717, 1.165) is 10.0 Å². The van der Waals surface area contributed by atoms with E-state index in [9.17, 15) is 9.59 Å². The summed E-state index contributed by atoms with van der Waals surface area (Å²) < 4.78 is 11.5. The molecule has 5 nitrogen and oxygen atoms in total. The van der Waals surface area contributed by atoms with Crippen LogP contribution in [0.4, 0.5) is 0 Å². The zero-order valence-corrected chi connectivity index (χ0v) is 15.1. The average molecular weight is 392 g/mol. The third-order valence-electron chi connectivity index (χ3n) is 3.45. The van der Waals surface area contributed by atoms with Gasteiger partial charge in [-0.05, 0) is 35.9 Å². The van der Waals surface area contributed by atoms with Gasteiger partial charge >= 0.3 is 0 Å². The van der Waals surface area contributed by atoms with Gasteiger partial charge in [-0.3, -0.25) is 9.59 Å². The molecule has 0 aliphatic rings. The maximum atomic E-state index is 12.2. The number of halogens is 1. The van der Waals surface area contributed by atoms with Gasteiger partial charge in [0.15, 0.2) is 12.9 Å². The van der Waals surface area contributed by atoms with Crippen molar-refractivity contribution in [1.29, 1.82) is 0 Å². The van der Waals surface area contributed by atoms with Gasteiger partial charge in [-0.1, -0.05) is 28.1 Å². The van der Waals surface area contributed by atoms with Crippen LogP contribution in [0.25, 0.3) is 0 Å². The molecular formula is C18H18BrNO4. The number of carbonyl (C=O) groups is 2. The standard InChI is InChI=1S/C18H18BrNO4/c1-20(10-13-3-5-15(19)6-4-13)18(22)12-24-17-8-7-16(23-2)9-14(17)11-21/h3-9,11H,10,12H2,1-2H3. The second-order valence-corrected chi connectivity index (χ2v) is 6.10. The van der Waals surface area contributed by atoms with Crippen molar-refractivity contribution in [3.63, 3.8) is 0 Å². The molecule has 1 amide bonds. The van der Waals surface area contributed by atoms with Crippen LogP contribution in [0.15, 0.2) is 46.9 Å². The van der Waals surface area contributed by atoms with Crippen LogP contribution in [0, 0.1) is 0 Å². The Kier molecular flexibility index (Phi) is 6.37. The van der Waals surface area contributed by atoms with Gasteiger partial charge in [0.05, 0.1) is 12.7 Å². The molecule has 0 bridgehead atoms. The molecule has 0 aliphatic heterocycles. The minimum absolute atomic E-state index is 0.139. The molecule has 0 heterocycles. The number of rotatable bonds is 7. The number of amides is 1. The van der Waals surface area contributed by atoms with Crippen molar-refractivity contribution in [2.45, 2.75) is 6.54 Å². The minimum Gasteiger partial charge on any atom is -0.497 e. The molecule has 6 heteroatoms. The fourth-order valence-corrected chi connectivity index (χ4v) is 2.34. The Morgan fingerprint density at radius 3 is 2.54 bits per heavy atom. The lowest BCUT2D eigenvalue weighted by molar-refractivity contribution is -0.132. The molecule has 0 fully saturated rings. The Bertz CT molecular complexity index is 715. The number of hydrogen-bond donors (Lipinski definition) is 0. The maximum Gasteiger partial charge on any atom is 0.260 e. The second kappa shape index (κ2) is 8.49. The molecule has 0 aromatic heterocycles. The van der Waals surface area contributed by atoms with E-state index in [1.54, 1.807) is 30.1 Å². The lowest BCUT2D eigenvalue weighted by atomic mass is 10.2. The lowest BCUT2D eigenvalue weighted by Crippen LogP contribution is -2.31. The first-order valence-corrected chi connectivity index (χ1v) is 8.07. The van der Waals surface area contributed by atoms with Gasteiger partial charge in [0, 0.05) is 18.1 Å². The molecule has 2 aromatic rings. The molecule has 126 valence electrons. The smallest absolute Gasteiger partial charge is 0.260 e. The van der Waals surface area contributed by atoms with E-state index in [4.69, 9.17) is 9.47 Å². The van der Waals surface area contributed by atoms with E-state index in [2.05, 4.69) is 15.9 Å². The summed E-state index contributed by atoms with van der Waals surface area (Å²) in [5.41, 5.74) is 1.37. The normalized spacial score (nSPS) is 10.1. The highest BCUT2D eigenvalue weighted by atomic mass is 79.9. The third-order valence-corrected chi connectivity index (χ3v) is 3.98. The van der Waals surface area contributed by atoms with Crippen molar-refractivity contribution in [3.8, 4) is 11.5 Å². The highest BCUT2D eigenvalue weighted by Gasteiger charge is 2.12. The number of benzene rings is 2. The fraction of sp³-hybridized carbons (Fsp3) is 0.222. The molecular weight excluding hydrogens is 374 g/mol. The first-order valence-electron chi connectivity index (χ1n) is 7.28. The maximum absolute atomic E-state index is 12.2. The first-order chi connectivity index (χ1) is 11.5. The van der Waals surface area contributed by atoms with E-state index in [0.29, 0.717) is 29.9 Å². The monoisotopic (exact) mass is 391 g/mol. The van der Waals surface area contributed by atoms with Crippen molar-refractivity contribution in [2.24, 2.45) is 0 Å². The number of aldehydes is 1. The Labute approximate surface area is 149 Å². The van der Waals surface area contributed by atoms with Crippen molar-refractivity contribution in [3.05, 3.63) is 58.1 Å². The molecule has 0 saturated heterocycles. The van der Waals surface area contributed by atoms with Gasteiger partial charge in [0.1, 0.15) is 11.5 Å². The summed E-state index contributed by atoms with van der Waals surface area (Å²) in [5.74, 6) is 0.741. The summed E-state index contributed by atoms with van der Waals surface area (Å²) in [6.45, 7) is 0.346. The van der Waals surface area contributed by atoms with Crippen molar-refractivity contribution >= 4 is 28.1 Å². The fourth-order valence-electron chi connectivity index (χ4n) is 2.08. The predicted octanol–water partition coefficient (Wildman–Crippen LogP) is 3.31. The van der Waals surface area contributed by atoms with Crippen molar-refractivity contribution in [2.75, 3.05) is 20.8 Å². The van der Waals surface area contributed by atoms with E-state index < -0.39 is 0 Å². The van der Waals surface area contributed by atoms with Crippen LogP contribution in [-0.4, -0.2) is 37.9 Å². The molecule has 0 aliphatic carbocycles. The van der Waals surface area contributed by atoms with Crippen LogP contribution < -0.4 is 9.47 Å². The van der Waals surface area contributed by atoms with Gasteiger partial charge < -0.3 is 14.4 Å². The van der Waals surface area contributed by atoms with Crippen LogP contribution in [0.2, 0.25) is 0 Å². The SMILES string of the molecule is COc1ccc(OCC(=O)N(C)Cc2ccc(Br)cc2)c(C=O)c1. The van der Waals surface area contributed by atoms with E-state index in [-0.39, 0.29) is 12.5 Å². The van der Waals surface area contributed by atoms with Crippen LogP contribution in [-0.2, 0) is 11.3 Å². The molecule has 0 N–H and O–H groups in total. The average Bonchev–Trinajstić information content (AvgIpc) is 2.61. The third kappa shape index (κ3) is 4.83. The van der Waals surface area contributed by atoms with Crippen molar-refractivity contribution in [1.82, 2.24) is 4.90 Å². The molecule has 2 rings (SSSR count). The Balaban J connectivity index is 1.94. The Hall–Kier alpha value is -2.34. The molecule has 24 heavy (non-hydrogen) atoms. The highest BCUT2D eigenvalue weighted by molar-refractivity contribution is 9.10.